The van der Waals surface area contributed by atoms with E-state index in [2.05, 4.69) is 0 Å². The maximum Gasteiger partial charge on any atom is 0.306 e. The van der Waals surface area contributed by atoms with Crippen molar-refractivity contribution in [2.24, 2.45) is 0 Å². The van der Waals surface area contributed by atoms with Gasteiger partial charge in [0.1, 0.15) is 12.5 Å². The van der Waals surface area contributed by atoms with E-state index in [4.69, 9.17) is 13.7 Å². The molecule has 0 atom stereocenters. The average Bonchev–Trinajstić information content (AvgIpc) is 2.41. The second-order valence-corrected chi connectivity index (χ2v) is 5.07. The van der Waals surface area contributed by atoms with Gasteiger partial charge in [0.25, 0.3) is 0 Å². The molecule has 5 nitrogen and oxygen atoms in total. The van der Waals surface area contributed by atoms with Crippen molar-refractivity contribution in [1.82, 2.24) is 0 Å². The summed E-state index contributed by atoms with van der Waals surface area (Å²) in [7, 11) is -3.52. The first-order chi connectivity index (χ1) is 7.56. The van der Waals surface area contributed by atoms with Crippen LogP contribution in [0.15, 0.2) is 18.2 Å². The Bertz CT molecular complexity index is 480. The highest BCUT2D eigenvalue weighted by molar-refractivity contribution is 7.86. The van der Waals surface area contributed by atoms with E-state index in [0.717, 1.165) is 17.4 Å². The van der Waals surface area contributed by atoms with Crippen LogP contribution in [0.2, 0.25) is 0 Å². The van der Waals surface area contributed by atoms with Crippen molar-refractivity contribution in [3.63, 3.8) is 0 Å². The molecule has 1 aromatic rings. The summed E-state index contributed by atoms with van der Waals surface area (Å²) in [5.74, 6) is 0.311. The van der Waals surface area contributed by atoms with E-state index >= 15 is 0 Å². The van der Waals surface area contributed by atoms with Crippen LogP contribution in [0.1, 0.15) is 11.1 Å². The molecule has 2 rings (SSSR count). The molecule has 0 N–H and O–H groups in total. The Morgan fingerprint density at radius 1 is 1.25 bits per heavy atom. The fraction of sp³-hybridized carbons (Fsp3) is 0.400. The van der Waals surface area contributed by atoms with Crippen LogP contribution in [0.25, 0.3) is 0 Å². The number of rotatable bonds is 2. The van der Waals surface area contributed by atoms with E-state index in [9.17, 15) is 8.42 Å². The van der Waals surface area contributed by atoms with Gasteiger partial charge in [0.05, 0.1) is 19.5 Å². The smallest absolute Gasteiger partial charge is 0.306 e. The molecule has 1 aliphatic heterocycles. The monoisotopic (exact) mass is 244 g/mol. The zero-order chi connectivity index (χ0) is 11.6. The highest BCUT2D eigenvalue weighted by Crippen LogP contribution is 2.26. The third-order valence-electron chi connectivity index (χ3n) is 2.14. The lowest BCUT2D eigenvalue weighted by Gasteiger charge is -2.10. The first-order valence-corrected chi connectivity index (χ1v) is 6.53. The Balaban J connectivity index is 2.39. The third kappa shape index (κ3) is 2.72. The Kier molecular flexibility index (Phi) is 3.13. The second kappa shape index (κ2) is 4.40. The van der Waals surface area contributed by atoms with Gasteiger partial charge in [-0.3, -0.25) is 0 Å². The van der Waals surface area contributed by atoms with Gasteiger partial charge < -0.3 is 13.7 Å². The summed E-state index contributed by atoms with van der Waals surface area (Å²) in [6, 6.07) is 5.20. The lowest BCUT2D eigenvalue weighted by Crippen LogP contribution is -2.08. The van der Waals surface area contributed by atoms with E-state index in [1.54, 1.807) is 12.1 Å². The van der Waals surface area contributed by atoms with Crippen molar-refractivity contribution in [2.75, 3.05) is 13.0 Å². The van der Waals surface area contributed by atoms with Crippen molar-refractivity contribution in [3.05, 3.63) is 29.3 Å². The van der Waals surface area contributed by atoms with Gasteiger partial charge >= 0.3 is 10.1 Å². The van der Waals surface area contributed by atoms with Crippen molar-refractivity contribution in [1.29, 1.82) is 0 Å². The number of benzene rings is 1. The maximum absolute atomic E-state index is 11.1. The molecule has 6 heteroatoms. The summed E-state index contributed by atoms with van der Waals surface area (Å²) < 4.78 is 37.4. The predicted octanol–water partition coefficient (Wildman–Crippen LogP) is 1.03. The standard InChI is InChI=1S/C10H12O5S/c1-16(11,12)15-10-4-2-3-8-5-13-7-14-6-9(8)10/h2-4H,5-7H2,1H3. The van der Waals surface area contributed by atoms with Crippen LogP contribution in [0.5, 0.6) is 5.75 Å². The van der Waals surface area contributed by atoms with Crippen LogP contribution in [0.4, 0.5) is 0 Å². The summed E-state index contributed by atoms with van der Waals surface area (Å²) in [5, 5.41) is 0. The van der Waals surface area contributed by atoms with Gasteiger partial charge in [0, 0.05) is 5.56 Å². The Morgan fingerprint density at radius 3 is 2.75 bits per heavy atom. The van der Waals surface area contributed by atoms with E-state index < -0.39 is 10.1 Å². The molecule has 0 amide bonds. The summed E-state index contributed by atoms with van der Waals surface area (Å²) in [6.45, 7) is 0.893. The zero-order valence-electron chi connectivity index (χ0n) is 8.80. The zero-order valence-corrected chi connectivity index (χ0v) is 9.62. The van der Waals surface area contributed by atoms with Gasteiger partial charge in [-0.1, -0.05) is 12.1 Å². The van der Waals surface area contributed by atoms with Crippen LogP contribution < -0.4 is 4.18 Å². The number of fused-ring (bicyclic) bond motifs is 1. The van der Waals surface area contributed by atoms with Gasteiger partial charge in [-0.25, -0.2) is 0 Å². The van der Waals surface area contributed by atoms with E-state index in [1.807, 2.05) is 6.07 Å². The molecule has 1 heterocycles. The van der Waals surface area contributed by atoms with Gasteiger partial charge in [-0.15, -0.1) is 0 Å². The molecule has 16 heavy (non-hydrogen) atoms. The van der Waals surface area contributed by atoms with Gasteiger partial charge in [-0.05, 0) is 11.6 Å². The summed E-state index contributed by atoms with van der Waals surface area (Å²) in [6.07, 6.45) is 1.01. The molecule has 0 bridgehead atoms. The molecular weight excluding hydrogens is 232 g/mol. The third-order valence-corrected chi connectivity index (χ3v) is 2.62. The van der Waals surface area contributed by atoms with Crippen LogP contribution in [0, 0.1) is 0 Å². The first kappa shape index (κ1) is 11.4. The molecular formula is C10H12O5S. The van der Waals surface area contributed by atoms with Crippen molar-refractivity contribution < 1.29 is 22.1 Å². The van der Waals surface area contributed by atoms with Crippen LogP contribution in [-0.2, 0) is 32.8 Å². The minimum Gasteiger partial charge on any atom is -0.382 e. The Hall–Kier alpha value is -1.11. The normalized spacial score (nSPS) is 16.3. The van der Waals surface area contributed by atoms with Crippen LogP contribution in [0.3, 0.4) is 0 Å². The fourth-order valence-corrected chi connectivity index (χ4v) is 1.99. The SMILES string of the molecule is CS(=O)(=O)Oc1cccc2c1COCOC2. The van der Waals surface area contributed by atoms with Crippen molar-refractivity contribution >= 4 is 10.1 Å². The number of hydrogen-bond acceptors (Lipinski definition) is 5. The topological polar surface area (TPSA) is 61.8 Å². The summed E-state index contributed by atoms with van der Waals surface area (Å²) >= 11 is 0. The lowest BCUT2D eigenvalue weighted by molar-refractivity contribution is -0.0587. The first-order valence-electron chi connectivity index (χ1n) is 4.72. The minimum atomic E-state index is -3.52. The van der Waals surface area contributed by atoms with E-state index in [-0.39, 0.29) is 6.79 Å². The summed E-state index contributed by atoms with van der Waals surface area (Å²) in [4.78, 5) is 0. The fourth-order valence-electron chi connectivity index (χ4n) is 1.51. The predicted molar refractivity (Wildman–Crippen MR) is 56.4 cm³/mol. The van der Waals surface area contributed by atoms with Crippen molar-refractivity contribution in [2.45, 2.75) is 13.2 Å². The molecule has 88 valence electrons. The molecule has 1 aliphatic rings. The molecule has 0 saturated heterocycles. The van der Waals surface area contributed by atoms with Crippen LogP contribution in [-0.4, -0.2) is 21.5 Å². The van der Waals surface area contributed by atoms with Gasteiger partial charge in [0.15, 0.2) is 0 Å². The Morgan fingerprint density at radius 2 is 2.00 bits per heavy atom. The van der Waals surface area contributed by atoms with E-state index in [1.165, 1.54) is 0 Å². The largest absolute Gasteiger partial charge is 0.382 e. The minimum absolute atomic E-state index is 0.201. The Labute approximate surface area is 94.1 Å². The van der Waals surface area contributed by atoms with Gasteiger partial charge in [0.2, 0.25) is 0 Å². The van der Waals surface area contributed by atoms with Gasteiger partial charge in [-0.2, -0.15) is 8.42 Å². The van der Waals surface area contributed by atoms with Crippen molar-refractivity contribution in [3.8, 4) is 5.75 Å². The average molecular weight is 244 g/mol. The molecule has 0 spiro atoms. The van der Waals surface area contributed by atoms with Crippen LogP contribution >= 0.6 is 0 Å². The molecule has 0 fully saturated rings. The number of hydrogen-bond donors (Lipinski definition) is 0. The molecule has 0 aromatic heterocycles. The second-order valence-electron chi connectivity index (χ2n) is 3.50. The highest BCUT2D eigenvalue weighted by Gasteiger charge is 2.16. The summed E-state index contributed by atoms with van der Waals surface area (Å²) in [5.41, 5.74) is 1.61. The molecule has 0 saturated carbocycles. The molecule has 0 unspecified atom stereocenters. The highest BCUT2D eigenvalue weighted by atomic mass is 32.2. The molecule has 1 aromatic carbocycles. The molecule has 0 radical (unpaired) electrons. The van der Waals surface area contributed by atoms with E-state index in [0.29, 0.717) is 19.0 Å². The molecule has 0 aliphatic carbocycles. The number of ether oxygens (including phenoxy) is 2. The quantitative estimate of drug-likeness (QED) is 0.727. The maximum atomic E-state index is 11.1. The lowest BCUT2D eigenvalue weighted by atomic mass is 10.1.